The zero-order chi connectivity index (χ0) is 13.4. The van der Waals surface area contributed by atoms with Crippen LogP contribution in [0.5, 0.6) is 0 Å². The van der Waals surface area contributed by atoms with Gasteiger partial charge in [0.15, 0.2) is 0 Å². The fraction of sp³-hybridized carbons (Fsp3) is 0.667. The molecule has 3 N–H and O–H groups in total. The number of nitrogens with zero attached hydrogens (tertiary/aromatic N) is 3. The lowest BCUT2D eigenvalue weighted by Gasteiger charge is -2.35. The summed E-state index contributed by atoms with van der Waals surface area (Å²) in [5, 5.41) is 13.7. The maximum atomic E-state index is 9.33. The molecule has 1 aliphatic carbocycles. The number of hydrogen-bond donors (Lipinski definition) is 2. The zero-order valence-electron chi connectivity index (χ0n) is 11.1. The molecule has 6 heteroatoms. The molecule has 1 heterocycles. The minimum atomic E-state index is -0.119. The third-order valence-corrected chi connectivity index (χ3v) is 3.75. The van der Waals surface area contributed by atoms with Gasteiger partial charge in [-0.25, -0.2) is 0 Å². The Morgan fingerprint density at radius 1 is 1.61 bits per heavy atom. The summed E-state index contributed by atoms with van der Waals surface area (Å²) in [5.41, 5.74) is 7.50. The van der Waals surface area contributed by atoms with Crippen molar-refractivity contribution in [3.63, 3.8) is 0 Å². The smallest absolute Gasteiger partial charge is 0.136 e. The highest BCUT2D eigenvalue weighted by Gasteiger charge is 2.29. The molecule has 1 aliphatic rings. The fourth-order valence-corrected chi connectivity index (χ4v) is 2.93. The van der Waals surface area contributed by atoms with Gasteiger partial charge < -0.3 is 15.7 Å². The van der Waals surface area contributed by atoms with Gasteiger partial charge in [0, 0.05) is 20.6 Å². The van der Waals surface area contributed by atoms with Gasteiger partial charge in [0.2, 0.25) is 0 Å². The average Bonchev–Trinajstić information content (AvgIpc) is 2.51. The van der Waals surface area contributed by atoms with E-state index in [9.17, 15) is 5.11 Å². The second-order valence-electron chi connectivity index (χ2n) is 5.14. The molecule has 0 aliphatic heterocycles. The summed E-state index contributed by atoms with van der Waals surface area (Å²) in [4.78, 5) is 2.52. The predicted molar refractivity (Wildman–Crippen MR) is 75.8 cm³/mol. The molecule has 18 heavy (non-hydrogen) atoms. The summed E-state index contributed by atoms with van der Waals surface area (Å²) in [6.45, 7) is 2.81. The lowest BCUT2D eigenvalue weighted by molar-refractivity contribution is 0.0464. The van der Waals surface area contributed by atoms with E-state index < -0.39 is 0 Å². The standard InChI is InChI=1S/C12H20N4OS/c1-7-10(11(13)18)12(16(3)14-7)15(2)6-8-4-9(17)5-8/h8-9,17H,4-6H2,1-3H3,(H2,13,18). The maximum absolute atomic E-state index is 9.33. The van der Waals surface area contributed by atoms with Gasteiger partial charge in [0.1, 0.15) is 10.8 Å². The Labute approximate surface area is 113 Å². The third-order valence-electron chi connectivity index (χ3n) is 3.54. The first kappa shape index (κ1) is 13.3. The molecular weight excluding hydrogens is 248 g/mol. The van der Waals surface area contributed by atoms with Gasteiger partial charge in [-0.15, -0.1) is 0 Å². The Morgan fingerprint density at radius 3 is 2.72 bits per heavy atom. The van der Waals surface area contributed by atoms with Crippen LogP contribution in [0.15, 0.2) is 0 Å². The van der Waals surface area contributed by atoms with E-state index in [1.54, 1.807) is 0 Å². The molecule has 0 radical (unpaired) electrons. The second-order valence-corrected chi connectivity index (χ2v) is 5.58. The van der Waals surface area contributed by atoms with Gasteiger partial charge in [0.25, 0.3) is 0 Å². The number of thiocarbonyl (C=S) groups is 1. The fourth-order valence-electron chi connectivity index (χ4n) is 2.70. The molecule has 0 unspecified atom stereocenters. The van der Waals surface area contributed by atoms with Crippen LogP contribution < -0.4 is 10.6 Å². The molecule has 0 atom stereocenters. The number of hydrogen-bond acceptors (Lipinski definition) is 4. The van der Waals surface area contributed by atoms with Gasteiger partial charge in [-0.05, 0) is 25.7 Å². The van der Waals surface area contributed by atoms with E-state index in [2.05, 4.69) is 10.00 Å². The lowest BCUT2D eigenvalue weighted by atomic mass is 9.82. The third kappa shape index (κ3) is 2.35. The topological polar surface area (TPSA) is 67.3 Å². The molecule has 2 rings (SSSR count). The summed E-state index contributed by atoms with van der Waals surface area (Å²) in [6.07, 6.45) is 1.64. The normalized spacial score (nSPS) is 22.7. The van der Waals surface area contributed by atoms with Crippen LogP contribution in [0.2, 0.25) is 0 Å². The number of anilines is 1. The van der Waals surface area contributed by atoms with E-state index in [4.69, 9.17) is 18.0 Å². The first-order valence-corrected chi connectivity index (χ1v) is 6.53. The van der Waals surface area contributed by atoms with E-state index in [0.717, 1.165) is 36.5 Å². The summed E-state index contributed by atoms with van der Waals surface area (Å²) in [6, 6.07) is 0. The van der Waals surface area contributed by atoms with Gasteiger partial charge in [-0.2, -0.15) is 5.10 Å². The SMILES string of the molecule is Cc1nn(C)c(N(C)CC2CC(O)C2)c1C(N)=S. The molecular formula is C12H20N4OS. The molecule has 0 spiro atoms. The Balaban J connectivity index is 2.18. The van der Waals surface area contributed by atoms with E-state index in [1.807, 2.05) is 25.7 Å². The molecule has 0 amide bonds. The van der Waals surface area contributed by atoms with Crippen LogP contribution in [0, 0.1) is 12.8 Å². The minimum absolute atomic E-state index is 0.119. The van der Waals surface area contributed by atoms with Crippen LogP contribution >= 0.6 is 12.2 Å². The van der Waals surface area contributed by atoms with Crippen molar-refractivity contribution < 1.29 is 5.11 Å². The quantitative estimate of drug-likeness (QED) is 0.782. The number of aliphatic hydroxyl groups excluding tert-OH is 1. The molecule has 0 bridgehead atoms. The summed E-state index contributed by atoms with van der Waals surface area (Å²) >= 11 is 5.10. The first-order valence-electron chi connectivity index (χ1n) is 6.12. The molecule has 1 saturated carbocycles. The van der Waals surface area contributed by atoms with Gasteiger partial charge in [-0.1, -0.05) is 12.2 Å². The first-order chi connectivity index (χ1) is 8.40. The lowest BCUT2D eigenvalue weighted by Crippen LogP contribution is -2.38. The highest BCUT2D eigenvalue weighted by molar-refractivity contribution is 7.80. The number of aryl methyl sites for hydroxylation is 2. The Kier molecular flexibility index (Phi) is 3.59. The van der Waals surface area contributed by atoms with Crippen molar-refractivity contribution >= 4 is 23.0 Å². The Bertz CT molecular complexity index is 465. The van der Waals surface area contributed by atoms with E-state index in [1.165, 1.54) is 0 Å². The molecule has 0 aromatic carbocycles. The van der Waals surface area contributed by atoms with Crippen molar-refractivity contribution in [1.29, 1.82) is 0 Å². The Hall–Kier alpha value is -1.14. The van der Waals surface area contributed by atoms with Crippen LogP contribution in [0.3, 0.4) is 0 Å². The summed E-state index contributed by atoms with van der Waals surface area (Å²) < 4.78 is 1.82. The van der Waals surface area contributed by atoms with Crippen molar-refractivity contribution in [2.24, 2.45) is 18.7 Å². The summed E-state index contributed by atoms with van der Waals surface area (Å²) in [7, 11) is 3.92. The molecule has 1 fully saturated rings. The molecule has 1 aromatic heterocycles. The van der Waals surface area contributed by atoms with Crippen molar-refractivity contribution in [2.45, 2.75) is 25.9 Å². The monoisotopic (exact) mass is 268 g/mol. The molecule has 5 nitrogen and oxygen atoms in total. The Morgan fingerprint density at radius 2 is 2.22 bits per heavy atom. The van der Waals surface area contributed by atoms with Crippen LogP contribution in [0.25, 0.3) is 0 Å². The zero-order valence-corrected chi connectivity index (χ0v) is 11.9. The van der Waals surface area contributed by atoms with Gasteiger partial charge >= 0.3 is 0 Å². The van der Waals surface area contributed by atoms with E-state index >= 15 is 0 Å². The van der Waals surface area contributed by atoms with Crippen molar-refractivity contribution in [2.75, 3.05) is 18.5 Å². The number of aliphatic hydroxyl groups is 1. The van der Waals surface area contributed by atoms with Crippen molar-refractivity contribution in [3.8, 4) is 0 Å². The molecule has 100 valence electrons. The summed E-state index contributed by atoms with van der Waals surface area (Å²) in [5.74, 6) is 1.50. The minimum Gasteiger partial charge on any atom is -0.393 e. The van der Waals surface area contributed by atoms with Crippen LogP contribution in [0.4, 0.5) is 5.82 Å². The van der Waals surface area contributed by atoms with Gasteiger partial charge in [-0.3, -0.25) is 4.68 Å². The van der Waals surface area contributed by atoms with E-state index in [0.29, 0.717) is 10.9 Å². The van der Waals surface area contributed by atoms with Crippen molar-refractivity contribution in [1.82, 2.24) is 9.78 Å². The number of nitrogens with two attached hydrogens (primary N) is 1. The highest BCUT2D eigenvalue weighted by Crippen LogP contribution is 2.30. The van der Waals surface area contributed by atoms with Crippen LogP contribution in [0.1, 0.15) is 24.1 Å². The predicted octanol–water partition coefficient (Wildman–Crippen LogP) is 0.570. The van der Waals surface area contributed by atoms with Crippen LogP contribution in [-0.4, -0.2) is 39.6 Å². The highest BCUT2D eigenvalue weighted by atomic mass is 32.1. The second kappa shape index (κ2) is 4.85. The van der Waals surface area contributed by atoms with Crippen LogP contribution in [-0.2, 0) is 7.05 Å². The number of rotatable bonds is 4. The largest absolute Gasteiger partial charge is 0.393 e. The van der Waals surface area contributed by atoms with Crippen molar-refractivity contribution in [3.05, 3.63) is 11.3 Å². The average molecular weight is 268 g/mol. The maximum Gasteiger partial charge on any atom is 0.136 e. The number of aromatic nitrogens is 2. The van der Waals surface area contributed by atoms with E-state index in [-0.39, 0.29) is 6.10 Å². The molecule has 1 aromatic rings. The van der Waals surface area contributed by atoms with Gasteiger partial charge in [0.05, 0.1) is 17.4 Å². The molecule has 0 saturated heterocycles.